The van der Waals surface area contributed by atoms with Crippen LogP contribution in [0.1, 0.15) is 52.4 Å². The Balaban J connectivity index is 1.73. The van der Waals surface area contributed by atoms with Crippen LogP contribution in [0.15, 0.2) is 18.2 Å². The quantitative estimate of drug-likeness (QED) is 0.391. The molecule has 1 heterocycles. The van der Waals surface area contributed by atoms with E-state index in [4.69, 9.17) is 14.2 Å². The molecule has 1 atom stereocenters. The summed E-state index contributed by atoms with van der Waals surface area (Å²) in [4.78, 5) is 29.4. The summed E-state index contributed by atoms with van der Waals surface area (Å²) in [6.07, 6.45) is 5.37. The van der Waals surface area contributed by atoms with Crippen LogP contribution in [0, 0.1) is 0 Å². The molecule has 11 nitrogen and oxygen atoms in total. The molecule has 198 valence electrons. The summed E-state index contributed by atoms with van der Waals surface area (Å²) < 4.78 is 16.1. The van der Waals surface area contributed by atoms with Crippen molar-refractivity contribution in [2.75, 3.05) is 34.0 Å². The third kappa shape index (κ3) is 7.16. The number of ether oxygens (including phenoxy) is 3. The van der Waals surface area contributed by atoms with Gasteiger partial charge in [-0.15, -0.1) is 10.2 Å². The Morgan fingerprint density at radius 2 is 1.92 bits per heavy atom. The van der Waals surface area contributed by atoms with Gasteiger partial charge in [-0.3, -0.25) is 9.59 Å². The number of carbonyl (C=O) groups excluding carboxylic acids is 2. The van der Waals surface area contributed by atoms with Crippen molar-refractivity contribution in [3.05, 3.63) is 18.2 Å². The lowest BCUT2D eigenvalue weighted by Gasteiger charge is -2.31. The van der Waals surface area contributed by atoms with E-state index in [0.29, 0.717) is 55.5 Å². The van der Waals surface area contributed by atoms with Crippen molar-refractivity contribution in [2.24, 2.45) is 0 Å². The largest absolute Gasteiger partial charge is 0.493 e. The first kappa shape index (κ1) is 27.4. The summed E-state index contributed by atoms with van der Waals surface area (Å²) in [5, 5.41) is 15.7. The zero-order valence-corrected chi connectivity index (χ0v) is 21.7. The molecule has 11 heteroatoms. The smallest absolute Gasteiger partial charge is 0.246 e. The second-order valence-corrected chi connectivity index (χ2v) is 8.76. The monoisotopic (exact) mass is 502 g/mol. The number of aromatic nitrogens is 4. The van der Waals surface area contributed by atoms with Gasteiger partial charge in [0.15, 0.2) is 11.5 Å². The number of benzene rings is 1. The molecule has 2 aromatic rings. The van der Waals surface area contributed by atoms with Gasteiger partial charge in [0.05, 0.1) is 14.2 Å². The Kier molecular flexibility index (Phi) is 10.5. The van der Waals surface area contributed by atoms with E-state index in [-0.39, 0.29) is 24.4 Å². The number of hydrogen-bond donors (Lipinski definition) is 1. The van der Waals surface area contributed by atoms with E-state index >= 15 is 0 Å². The number of tetrazole rings is 1. The van der Waals surface area contributed by atoms with Gasteiger partial charge in [0.2, 0.25) is 17.6 Å². The minimum Gasteiger partial charge on any atom is -0.493 e. The highest BCUT2D eigenvalue weighted by atomic mass is 16.5. The average Bonchev–Trinajstić information content (AvgIpc) is 3.57. The summed E-state index contributed by atoms with van der Waals surface area (Å²) in [7, 11) is 3.12. The molecule has 0 radical (unpaired) electrons. The lowest BCUT2D eigenvalue weighted by atomic mass is 10.1. The predicted octanol–water partition coefficient (Wildman–Crippen LogP) is 2.45. The van der Waals surface area contributed by atoms with Crippen LogP contribution in [0.3, 0.4) is 0 Å². The second-order valence-electron chi connectivity index (χ2n) is 8.76. The number of hydrogen-bond acceptors (Lipinski definition) is 8. The van der Waals surface area contributed by atoms with Crippen LogP contribution in [-0.2, 0) is 20.9 Å². The molecule has 0 spiro atoms. The van der Waals surface area contributed by atoms with Crippen LogP contribution >= 0.6 is 0 Å². The van der Waals surface area contributed by atoms with E-state index in [2.05, 4.69) is 20.7 Å². The standard InChI is InChI=1S/C25H38N6O5/c1-5-20(25(33)26-19-10-7-8-11-19)30(14-9-15-36-6-2)23(32)17-31-28-24(27-29-31)18-12-13-21(34-3)22(16-18)35-4/h12-13,16,19-20H,5-11,14-15,17H2,1-4H3,(H,26,33)/t20-/m1/s1. The first-order valence-corrected chi connectivity index (χ1v) is 12.7. The van der Waals surface area contributed by atoms with Gasteiger partial charge in [-0.05, 0) is 56.0 Å². The lowest BCUT2D eigenvalue weighted by Crippen LogP contribution is -2.52. The Hall–Kier alpha value is -3.21. The second kappa shape index (κ2) is 13.8. The first-order valence-electron chi connectivity index (χ1n) is 12.7. The molecule has 1 aliphatic rings. The van der Waals surface area contributed by atoms with Crippen LogP contribution in [0.25, 0.3) is 11.4 Å². The van der Waals surface area contributed by atoms with Crippen molar-refractivity contribution in [1.82, 2.24) is 30.4 Å². The van der Waals surface area contributed by atoms with Crippen LogP contribution in [0.4, 0.5) is 0 Å². The Morgan fingerprint density at radius 3 is 2.58 bits per heavy atom. The predicted molar refractivity (Wildman–Crippen MR) is 134 cm³/mol. The van der Waals surface area contributed by atoms with Crippen molar-refractivity contribution >= 4 is 11.8 Å². The highest BCUT2D eigenvalue weighted by Gasteiger charge is 2.30. The van der Waals surface area contributed by atoms with Gasteiger partial charge in [-0.1, -0.05) is 19.8 Å². The summed E-state index contributed by atoms with van der Waals surface area (Å²) in [6.45, 7) is 5.26. The summed E-state index contributed by atoms with van der Waals surface area (Å²) in [5.74, 6) is 1.15. The van der Waals surface area contributed by atoms with Crippen LogP contribution in [0.2, 0.25) is 0 Å². The molecule has 1 aromatic carbocycles. The molecule has 1 N–H and O–H groups in total. The van der Waals surface area contributed by atoms with E-state index in [9.17, 15) is 9.59 Å². The maximum Gasteiger partial charge on any atom is 0.246 e. The fraction of sp³-hybridized carbons (Fsp3) is 0.640. The van der Waals surface area contributed by atoms with Crippen molar-refractivity contribution in [2.45, 2.75) is 71.0 Å². The van der Waals surface area contributed by atoms with Gasteiger partial charge < -0.3 is 24.4 Å². The normalized spacial score (nSPS) is 14.4. The number of rotatable bonds is 14. The Bertz CT molecular complexity index is 991. The lowest BCUT2D eigenvalue weighted by molar-refractivity contribution is -0.142. The van der Waals surface area contributed by atoms with E-state index in [1.165, 1.54) is 4.80 Å². The molecule has 0 saturated heterocycles. The van der Waals surface area contributed by atoms with Gasteiger partial charge in [-0.2, -0.15) is 4.80 Å². The summed E-state index contributed by atoms with van der Waals surface area (Å²) in [6, 6.07) is 4.93. The molecule has 1 aliphatic carbocycles. The molecule has 2 amide bonds. The van der Waals surface area contributed by atoms with E-state index in [1.807, 2.05) is 13.8 Å². The fourth-order valence-electron chi connectivity index (χ4n) is 4.46. The Morgan fingerprint density at radius 1 is 1.17 bits per heavy atom. The number of carbonyl (C=O) groups is 2. The zero-order valence-electron chi connectivity index (χ0n) is 21.7. The van der Waals surface area contributed by atoms with Crippen molar-refractivity contribution in [3.63, 3.8) is 0 Å². The van der Waals surface area contributed by atoms with Gasteiger partial charge >= 0.3 is 0 Å². The molecule has 1 fully saturated rings. The summed E-state index contributed by atoms with van der Waals surface area (Å²) >= 11 is 0. The first-order chi connectivity index (χ1) is 17.5. The fourth-order valence-corrected chi connectivity index (χ4v) is 4.46. The molecule has 0 unspecified atom stereocenters. The number of amides is 2. The maximum absolute atomic E-state index is 13.4. The molecule has 1 saturated carbocycles. The number of methoxy groups -OCH3 is 2. The maximum atomic E-state index is 13.4. The number of nitrogens with zero attached hydrogens (tertiary/aromatic N) is 5. The van der Waals surface area contributed by atoms with Crippen LogP contribution in [0.5, 0.6) is 11.5 Å². The van der Waals surface area contributed by atoms with E-state index in [1.54, 1.807) is 37.3 Å². The zero-order chi connectivity index (χ0) is 25.9. The molecule has 0 bridgehead atoms. The SMILES string of the molecule is CCOCCCN(C(=O)Cn1nnc(-c2ccc(OC)c(OC)c2)n1)[C@H](CC)C(=O)NC1CCCC1. The van der Waals surface area contributed by atoms with Crippen LogP contribution in [-0.4, -0.2) is 83.0 Å². The highest BCUT2D eigenvalue weighted by Crippen LogP contribution is 2.30. The van der Waals surface area contributed by atoms with E-state index in [0.717, 1.165) is 25.7 Å². The molecular formula is C25H38N6O5. The molecule has 36 heavy (non-hydrogen) atoms. The topological polar surface area (TPSA) is 121 Å². The number of nitrogens with one attached hydrogen (secondary N) is 1. The minimum absolute atomic E-state index is 0.105. The van der Waals surface area contributed by atoms with Crippen LogP contribution < -0.4 is 14.8 Å². The van der Waals surface area contributed by atoms with Crippen molar-refractivity contribution < 1.29 is 23.8 Å². The van der Waals surface area contributed by atoms with E-state index < -0.39 is 6.04 Å². The molecule has 0 aliphatic heterocycles. The third-order valence-electron chi connectivity index (χ3n) is 6.35. The molecular weight excluding hydrogens is 464 g/mol. The highest BCUT2D eigenvalue weighted by molar-refractivity contribution is 5.87. The van der Waals surface area contributed by atoms with Crippen molar-refractivity contribution in [1.29, 1.82) is 0 Å². The van der Waals surface area contributed by atoms with Gasteiger partial charge in [0.25, 0.3) is 0 Å². The van der Waals surface area contributed by atoms with Gasteiger partial charge in [0, 0.05) is 31.4 Å². The Labute approximate surface area is 212 Å². The van der Waals surface area contributed by atoms with Crippen molar-refractivity contribution in [3.8, 4) is 22.9 Å². The summed E-state index contributed by atoms with van der Waals surface area (Å²) in [5.41, 5.74) is 0.683. The van der Waals surface area contributed by atoms with Gasteiger partial charge in [-0.25, -0.2) is 0 Å². The minimum atomic E-state index is -0.562. The molecule has 3 rings (SSSR count). The van der Waals surface area contributed by atoms with Gasteiger partial charge in [0.1, 0.15) is 12.6 Å². The third-order valence-corrected chi connectivity index (χ3v) is 6.35. The molecule has 1 aromatic heterocycles. The average molecular weight is 503 g/mol.